The van der Waals surface area contributed by atoms with Gasteiger partial charge in [0.05, 0.1) is 15.8 Å². The molecule has 0 spiro atoms. The van der Waals surface area contributed by atoms with Crippen LogP contribution >= 0.6 is 22.7 Å². The highest BCUT2D eigenvalue weighted by Crippen LogP contribution is 2.43. The van der Waals surface area contributed by atoms with Crippen molar-refractivity contribution in [3.8, 4) is 67.0 Å². The number of thiophene rings is 1. The molecule has 0 fully saturated rings. The van der Waals surface area contributed by atoms with E-state index in [1.165, 1.54) is 41.6 Å². The smallest absolute Gasteiger partial charge is 0.167 e. The van der Waals surface area contributed by atoms with E-state index in [2.05, 4.69) is 115 Å². The van der Waals surface area contributed by atoms with E-state index in [4.69, 9.17) is 24.4 Å². The molecule has 0 aliphatic heterocycles. The average molecular weight is 791 g/mol. The Morgan fingerprint density at radius 3 is 1.90 bits per heavy atom. The Labute approximate surface area is 346 Å². The van der Waals surface area contributed by atoms with E-state index >= 15 is 0 Å². The number of benzene rings is 8. The summed E-state index contributed by atoms with van der Waals surface area (Å²) in [4.78, 5) is 20.1. The van der Waals surface area contributed by atoms with E-state index in [0.29, 0.717) is 17.5 Å². The summed E-state index contributed by atoms with van der Waals surface area (Å²) in [6.07, 6.45) is 0. The first-order valence-corrected chi connectivity index (χ1v) is 21.1. The monoisotopic (exact) mass is 790 g/mol. The number of fused-ring (bicyclic) bond motifs is 7. The van der Waals surface area contributed by atoms with Gasteiger partial charge in [-0.15, -0.1) is 22.7 Å². The molecule has 4 heterocycles. The van der Waals surface area contributed by atoms with Crippen molar-refractivity contribution in [3.05, 3.63) is 182 Å². The summed E-state index contributed by atoms with van der Waals surface area (Å²) in [6.45, 7) is 0. The van der Waals surface area contributed by atoms with Crippen LogP contribution in [0.25, 0.3) is 119 Å². The van der Waals surface area contributed by atoms with Crippen molar-refractivity contribution in [1.82, 2.24) is 19.9 Å². The highest BCUT2D eigenvalue weighted by Gasteiger charge is 2.19. The third-order valence-corrected chi connectivity index (χ3v) is 13.3. The quantitative estimate of drug-likeness (QED) is 0.168. The normalized spacial score (nSPS) is 11.7. The van der Waals surface area contributed by atoms with Crippen LogP contribution in [0.4, 0.5) is 0 Å². The molecule has 276 valence electrons. The van der Waals surface area contributed by atoms with Crippen molar-refractivity contribution in [1.29, 1.82) is 0 Å². The summed E-state index contributed by atoms with van der Waals surface area (Å²) in [5, 5.41) is 5.64. The minimum atomic E-state index is 0.567. The van der Waals surface area contributed by atoms with Crippen LogP contribution in [-0.2, 0) is 0 Å². The van der Waals surface area contributed by atoms with Gasteiger partial charge in [0, 0.05) is 47.6 Å². The molecule has 0 N–H and O–H groups in total. The lowest BCUT2D eigenvalue weighted by Gasteiger charge is -2.10. The number of hydrogen-bond acceptors (Lipinski definition) is 7. The Morgan fingerprint density at radius 1 is 0.356 bits per heavy atom. The largest absolute Gasteiger partial charge is 0.455 e. The number of rotatable bonds is 6. The summed E-state index contributed by atoms with van der Waals surface area (Å²) in [5.41, 5.74) is 11.1. The maximum absolute atomic E-state index is 6.43. The molecule has 0 atom stereocenters. The van der Waals surface area contributed by atoms with E-state index in [1.807, 2.05) is 78.1 Å². The summed E-state index contributed by atoms with van der Waals surface area (Å²) in [5.74, 6) is 1.78. The maximum Gasteiger partial charge on any atom is 0.167 e. The summed E-state index contributed by atoms with van der Waals surface area (Å²) >= 11 is 3.57. The number of thiazole rings is 1. The van der Waals surface area contributed by atoms with Gasteiger partial charge >= 0.3 is 0 Å². The van der Waals surface area contributed by atoms with Crippen LogP contribution in [0.5, 0.6) is 0 Å². The van der Waals surface area contributed by atoms with Gasteiger partial charge in [0.2, 0.25) is 0 Å². The third-order valence-electron chi connectivity index (χ3n) is 11.0. The van der Waals surface area contributed by atoms with Gasteiger partial charge in [0.15, 0.2) is 17.5 Å². The topological polar surface area (TPSA) is 64.7 Å². The molecule has 59 heavy (non-hydrogen) atoms. The van der Waals surface area contributed by atoms with Crippen molar-refractivity contribution < 1.29 is 4.42 Å². The van der Waals surface area contributed by atoms with Crippen molar-refractivity contribution in [2.75, 3.05) is 0 Å². The summed E-state index contributed by atoms with van der Waals surface area (Å²) < 4.78 is 10.1. The zero-order valence-corrected chi connectivity index (χ0v) is 33.0. The van der Waals surface area contributed by atoms with Crippen LogP contribution in [-0.4, -0.2) is 19.9 Å². The van der Waals surface area contributed by atoms with Crippen LogP contribution in [0.15, 0.2) is 186 Å². The molecule has 0 radical (unpaired) electrons. The van der Waals surface area contributed by atoms with Crippen LogP contribution in [0.2, 0.25) is 0 Å². The third kappa shape index (κ3) is 5.82. The van der Waals surface area contributed by atoms with Gasteiger partial charge in [-0.3, -0.25) is 0 Å². The van der Waals surface area contributed by atoms with E-state index in [9.17, 15) is 0 Å². The molecule has 0 saturated carbocycles. The van der Waals surface area contributed by atoms with E-state index < -0.39 is 0 Å². The Bertz CT molecular complexity index is 3530. The number of nitrogens with zero attached hydrogens (tertiary/aromatic N) is 4. The van der Waals surface area contributed by atoms with Crippen molar-refractivity contribution in [3.63, 3.8) is 0 Å². The van der Waals surface area contributed by atoms with Gasteiger partial charge in [-0.2, -0.15) is 0 Å². The predicted octanol–water partition coefficient (Wildman–Crippen LogP) is 14.8. The minimum Gasteiger partial charge on any atom is -0.455 e. The highest BCUT2D eigenvalue weighted by molar-refractivity contribution is 7.26. The molecule has 12 rings (SSSR count). The first-order valence-electron chi connectivity index (χ1n) is 19.4. The summed E-state index contributed by atoms with van der Waals surface area (Å²) in [6, 6.07) is 63.5. The lowest BCUT2D eigenvalue weighted by Crippen LogP contribution is -2.00. The molecule has 0 saturated heterocycles. The van der Waals surface area contributed by atoms with Crippen molar-refractivity contribution in [2.24, 2.45) is 0 Å². The lowest BCUT2D eigenvalue weighted by atomic mass is 9.99. The molecule has 7 heteroatoms. The first kappa shape index (κ1) is 33.8. The fraction of sp³-hybridized carbons (Fsp3) is 0. The molecule has 5 nitrogen and oxygen atoms in total. The molecule has 0 unspecified atom stereocenters. The minimum absolute atomic E-state index is 0.567. The zero-order valence-electron chi connectivity index (χ0n) is 31.3. The van der Waals surface area contributed by atoms with Crippen molar-refractivity contribution >= 4 is 75.0 Å². The molecule has 12 aromatic rings. The lowest BCUT2D eigenvalue weighted by molar-refractivity contribution is 0.669. The number of aromatic nitrogens is 4. The van der Waals surface area contributed by atoms with Gasteiger partial charge in [-0.25, -0.2) is 19.9 Å². The Balaban J connectivity index is 0.934. The Hall–Kier alpha value is -7.32. The molecule has 8 aromatic carbocycles. The second kappa shape index (κ2) is 13.7. The van der Waals surface area contributed by atoms with E-state index in [-0.39, 0.29) is 0 Å². The standard InChI is InChI=1S/C52H30N4OS2/c1-2-11-32(12-3-1)49-54-50(56-51(55-49)41-19-10-17-39-38-15-4-6-21-44(38)57-47(39)41)36-14-8-13-35(29-36)37-16-9-18-40-42-30-34(27-28-45(42)58-48(37)40)31-23-25-33(26-24-31)52-53-43-20-5-7-22-46(43)59-52/h1-30H. The van der Waals surface area contributed by atoms with E-state index in [1.54, 1.807) is 11.3 Å². The van der Waals surface area contributed by atoms with Gasteiger partial charge in [0.1, 0.15) is 16.2 Å². The first-order chi connectivity index (χ1) is 29.2. The SMILES string of the molecule is c1ccc(-c2nc(-c3cccc(-c4cccc5c4sc4ccc(-c6ccc(-c7nc8ccccc8s7)cc6)cc45)c3)nc(-c3cccc4c3oc3ccccc34)n2)cc1. The molecule has 0 aliphatic rings. The second-order valence-electron chi connectivity index (χ2n) is 14.6. The fourth-order valence-corrected chi connectivity index (χ4v) is 10.3. The molecule has 4 aromatic heterocycles. The Kier molecular flexibility index (Phi) is 7.82. The number of para-hydroxylation sites is 3. The summed E-state index contributed by atoms with van der Waals surface area (Å²) in [7, 11) is 0. The Morgan fingerprint density at radius 2 is 1.02 bits per heavy atom. The molecule has 0 bridgehead atoms. The molecule has 0 aliphatic carbocycles. The fourth-order valence-electron chi connectivity index (χ4n) is 8.10. The van der Waals surface area contributed by atoms with Gasteiger partial charge < -0.3 is 4.42 Å². The second-order valence-corrected chi connectivity index (χ2v) is 16.7. The van der Waals surface area contributed by atoms with Crippen LogP contribution in [0, 0.1) is 0 Å². The van der Waals surface area contributed by atoms with Crippen LogP contribution < -0.4 is 0 Å². The van der Waals surface area contributed by atoms with Crippen molar-refractivity contribution in [2.45, 2.75) is 0 Å². The van der Waals surface area contributed by atoms with Gasteiger partial charge in [-0.05, 0) is 64.7 Å². The highest BCUT2D eigenvalue weighted by atomic mass is 32.1. The number of furan rings is 1. The van der Waals surface area contributed by atoms with Crippen LogP contribution in [0.3, 0.4) is 0 Å². The molecular formula is C52H30N4OS2. The van der Waals surface area contributed by atoms with Gasteiger partial charge in [-0.1, -0.05) is 140 Å². The predicted molar refractivity (Wildman–Crippen MR) is 246 cm³/mol. The van der Waals surface area contributed by atoms with Crippen LogP contribution in [0.1, 0.15) is 0 Å². The maximum atomic E-state index is 6.43. The van der Waals surface area contributed by atoms with Gasteiger partial charge in [0.25, 0.3) is 0 Å². The zero-order chi connectivity index (χ0) is 38.9. The molecular weight excluding hydrogens is 761 g/mol. The number of hydrogen-bond donors (Lipinski definition) is 0. The van der Waals surface area contributed by atoms with E-state index in [0.717, 1.165) is 60.3 Å². The molecule has 0 amide bonds. The average Bonchev–Trinajstić information content (AvgIpc) is 4.03.